The number of oxazole rings is 1. The quantitative estimate of drug-likeness (QED) is 0.640. The summed E-state index contributed by atoms with van der Waals surface area (Å²) in [6.45, 7) is 0. The van der Waals surface area contributed by atoms with Gasteiger partial charge in [-0.1, -0.05) is 18.2 Å². The van der Waals surface area contributed by atoms with E-state index in [0.717, 1.165) is 17.3 Å². The Kier molecular flexibility index (Phi) is 4.01. The van der Waals surface area contributed by atoms with E-state index in [1.807, 2.05) is 30.3 Å². The molecule has 0 saturated heterocycles. The smallest absolute Gasteiger partial charge is 0.226 e. The number of hydrogen-bond acceptors (Lipinski definition) is 3. The summed E-state index contributed by atoms with van der Waals surface area (Å²) in [5, 5.41) is 0. The minimum Gasteiger partial charge on any atom is -0.444 e. The number of aromatic nitrogens is 1. The number of rotatable bonds is 4. The van der Waals surface area contributed by atoms with E-state index >= 15 is 0 Å². The fourth-order valence-electron chi connectivity index (χ4n) is 1.81. The van der Waals surface area contributed by atoms with Gasteiger partial charge in [-0.2, -0.15) is 0 Å². The Morgan fingerprint density at radius 2 is 1.81 bits per heavy atom. The lowest BCUT2D eigenvalue weighted by atomic mass is 10.2. The van der Waals surface area contributed by atoms with Gasteiger partial charge in [0.15, 0.2) is 11.6 Å². The second-order valence-electron chi connectivity index (χ2n) is 4.37. The van der Waals surface area contributed by atoms with Crippen LogP contribution in [0.1, 0.15) is 5.69 Å². The van der Waals surface area contributed by atoms with Crippen LogP contribution < -0.4 is 0 Å². The van der Waals surface area contributed by atoms with Crippen molar-refractivity contribution in [2.24, 2.45) is 0 Å². The highest BCUT2D eigenvalue weighted by atomic mass is 32.2. The molecule has 0 radical (unpaired) electrons. The summed E-state index contributed by atoms with van der Waals surface area (Å²) in [4.78, 5) is 5.03. The predicted molar refractivity (Wildman–Crippen MR) is 77.9 cm³/mol. The highest BCUT2D eigenvalue weighted by Crippen LogP contribution is 2.26. The molecular weight excluding hydrogens is 292 g/mol. The van der Waals surface area contributed by atoms with Crippen LogP contribution in [0.25, 0.3) is 11.5 Å². The van der Waals surface area contributed by atoms with Gasteiger partial charge in [0.2, 0.25) is 5.89 Å². The largest absolute Gasteiger partial charge is 0.444 e. The van der Waals surface area contributed by atoms with Crippen molar-refractivity contribution in [3.63, 3.8) is 0 Å². The summed E-state index contributed by atoms with van der Waals surface area (Å²) in [6.07, 6.45) is 1.58. The molecule has 21 heavy (non-hydrogen) atoms. The first-order valence-corrected chi connectivity index (χ1v) is 7.28. The molecule has 1 heterocycles. The molecule has 1 aromatic heterocycles. The standard InChI is InChI=1S/C16H11F2NOS/c17-14-7-6-13(8-15(14)18)21-10-12-9-20-16(19-12)11-4-2-1-3-5-11/h1-9H,10H2. The van der Waals surface area contributed by atoms with Gasteiger partial charge >= 0.3 is 0 Å². The SMILES string of the molecule is Fc1ccc(SCc2coc(-c3ccccc3)n2)cc1F. The third kappa shape index (κ3) is 3.31. The summed E-state index contributed by atoms with van der Waals surface area (Å²) in [5.74, 6) is -0.602. The van der Waals surface area contributed by atoms with E-state index in [2.05, 4.69) is 4.98 Å². The van der Waals surface area contributed by atoms with Crippen LogP contribution in [0.3, 0.4) is 0 Å². The lowest BCUT2D eigenvalue weighted by Crippen LogP contribution is -1.85. The van der Waals surface area contributed by atoms with Crippen molar-refractivity contribution in [3.05, 3.63) is 72.1 Å². The molecule has 106 valence electrons. The van der Waals surface area contributed by atoms with E-state index in [9.17, 15) is 8.78 Å². The molecule has 0 bridgehead atoms. The summed E-state index contributed by atoms with van der Waals surface area (Å²) < 4.78 is 31.4. The fourth-order valence-corrected chi connectivity index (χ4v) is 2.61. The maximum Gasteiger partial charge on any atom is 0.226 e. The third-order valence-corrected chi connectivity index (χ3v) is 3.88. The van der Waals surface area contributed by atoms with Gasteiger partial charge in [-0.3, -0.25) is 0 Å². The number of benzene rings is 2. The van der Waals surface area contributed by atoms with Gasteiger partial charge in [0, 0.05) is 16.2 Å². The van der Waals surface area contributed by atoms with Gasteiger partial charge in [-0.25, -0.2) is 13.8 Å². The molecule has 0 aliphatic carbocycles. The van der Waals surface area contributed by atoms with Crippen molar-refractivity contribution in [3.8, 4) is 11.5 Å². The molecule has 0 N–H and O–H groups in total. The molecule has 2 nitrogen and oxygen atoms in total. The minimum absolute atomic E-state index is 0.529. The molecule has 2 aromatic carbocycles. The molecule has 0 aliphatic rings. The Balaban J connectivity index is 1.69. The first-order chi connectivity index (χ1) is 10.2. The lowest BCUT2D eigenvalue weighted by molar-refractivity contribution is 0.506. The topological polar surface area (TPSA) is 26.0 Å². The van der Waals surface area contributed by atoms with Gasteiger partial charge in [0.05, 0.1) is 5.69 Å². The summed E-state index contributed by atoms with van der Waals surface area (Å²) in [7, 11) is 0. The first-order valence-electron chi connectivity index (χ1n) is 6.30. The van der Waals surface area contributed by atoms with Crippen LogP contribution in [-0.2, 0) is 5.75 Å². The normalized spacial score (nSPS) is 10.8. The molecule has 0 amide bonds. The summed E-state index contributed by atoms with van der Waals surface area (Å²) in [5.41, 5.74) is 1.66. The predicted octanol–water partition coefficient (Wildman–Crippen LogP) is 4.91. The maximum absolute atomic E-state index is 13.1. The van der Waals surface area contributed by atoms with Gasteiger partial charge in [0.1, 0.15) is 6.26 Å². The molecule has 5 heteroatoms. The summed E-state index contributed by atoms with van der Waals surface area (Å²) in [6, 6.07) is 13.4. The lowest BCUT2D eigenvalue weighted by Gasteiger charge is -1.99. The monoisotopic (exact) mass is 303 g/mol. The average molecular weight is 303 g/mol. The van der Waals surface area contributed by atoms with Gasteiger partial charge < -0.3 is 4.42 Å². The van der Waals surface area contributed by atoms with Crippen molar-refractivity contribution in [2.75, 3.05) is 0 Å². The van der Waals surface area contributed by atoms with Crippen LogP contribution in [0.2, 0.25) is 0 Å². The molecule has 0 saturated carbocycles. The number of nitrogens with zero attached hydrogens (tertiary/aromatic N) is 1. The van der Waals surface area contributed by atoms with Gasteiger partial charge in [-0.15, -0.1) is 11.8 Å². The zero-order valence-corrected chi connectivity index (χ0v) is 11.7. The average Bonchev–Trinajstić information content (AvgIpc) is 2.98. The van der Waals surface area contributed by atoms with Gasteiger partial charge in [-0.05, 0) is 30.3 Å². The molecule has 3 aromatic rings. The third-order valence-electron chi connectivity index (χ3n) is 2.85. The molecule has 0 spiro atoms. The first kappa shape index (κ1) is 13.8. The molecular formula is C16H11F2NOS. The van der Waals surface area contributed by atoms with Crippen molar-refractivity contribution in [2.45, 2.75) is 10.6 Å². The number of halogens is 2. The van der Waals surface area contributed by atoms with Crippen LogP contribution in [0.5, 0.6) is 0 Å². The maximum atomic E-state index is 13.1. The van der Waals surface area contributed by atoms with Crippen molar-refractivity contribution in [1.82, 2.24) is 4.98 Å². The Labute approximate surface area is 124 Å². The van der Waals surface area contributed by atoms with Gasteiger partial charge in [0.25, 0.3) is 0 Å². The number of hydrogen-bond donors (Lipinski definition) is 0. The van der Waals surface area contributed by atoms with Crippen LogP contribution in [0, 0.1) is 11.6 Å². The molecule has 0 fully saturated rings. The molecule has 0 atom stereocenters. The van der Waals surface area contributed by atoms with E-state index in [0.29, 0.717) is 16.5 Å². The zero-order valence-electron chi connectivity index (χ0n) is 10.9. The fraction of sp³-hybridized carbons (Fsp3) is 0.0625. The molecule has 0 aliphatic heterocycles. The van der Waals surface area contributed by atoms with Crippen LogP contribution >= 0.6 is 11.8 Å². The van der Waals surface area contributed by atoms with Crippen molar-refractivity contribution >= 4 is 11.8 Å². The zero-order chi connectivity index (χ0) is 14.7. The number of thioether (sulfide) groups is 1. The molecule has 0 unspecified atom stereocenters. The van der Waals surface area contributed by atoms with E-state index < -0.39 is 11.6 Å². The van der Waals surface area contributed by atoms with Crippen molar-refractivity contribution in [1.29, 1.82) is 0 Å². The Morgan fingerprint density at radius 1 is 1.00 bits per heavy atom. The minimum atomic E-state index is -0.842. The summed E-state index contributed by atoms with van der Waals surface area (Å²) >= 11 is 1.38. The van der Waals surface area contributed by atoms with E-state index in [4.69, 9.17) is 4.42 Å². The second kappa shape index (κ2) is 6.10. The van der Waals surface area contributed by atoms with E-state index in [1.54, 1.807) is 12.3 Å². The highest BCUT2D eigenvalue weighted by molar-refractivity contribution is 7.98. The highest BCUT2D eigenvalue weighted by Gasteiger charge is 2.08. The Hall–Kier alpha value is -2.14. The molecule has 3 rings (SSSR count). The second-order valence-corrected chi connectivity index (χ2v) is 5.42. The van der Waals surface area contributed by atoms with E-state index in [-0.39, 0.29) is 0 Å². The Bertz CT molecular complexity index is 743. The van der Waals surface area contributed by atoms with E-state index in [1.165, 1.54) is 17.8 Å². The van der Waals surface area contributed by atoms with Crippen LogP contribution in [0.15, 0.2) is 64.1 Å². The van der Waals surface area contributed by atoms with Crippen molar-refractivity contribution < 1.29 is 13.2 Å². The van der Waals surface area contributed by atoms with Crippen LogP contribution in [-0.4, -0.2) is 4.98 Å². The van der Waals surface area contributed by atoms with Crippen LogP contribution in [0.4, 0.5) is 8.78 Å². The Morgan fingerprint density at radius 3 is 2.57 bits per heavy atom.